The Hall–Kier alpha value is -4.05. The van der Waals surface area contributed by atoms with E-state index in [1.165, 1.54) is 6.07 Å². The fourth-order valence-corrected chi connectivity index (χ4v) is 6.48. The minimum Gasteiger partial charge on any atom is -0.492 e. The van der Waals surface area contributed by atoms with Crippen molar-refractivity contribution in [2.75, 3.05) is 19.7 Å². The molecule has 3 amide bonds. The van der Waals surface area contributed by atoms with Crippen molar-refractivity contribution in [2.45, 2.75) is 50.2 Å². The summed E-state index contributed by atoms with van der Waals surface area (Å²) in [5.41, 5.74) is 3.78. The van der Waals surface area contributed by atoms with Gasteiger partial charge in [0.05, 0.1) is 18.8 Å². The number of fused-ring (bicyclic) bond motifs is 4. The molecule has 0 radical (unpaired) electrons. The first-order valence-corrected chi connectivity index (χ1v) is 13.4. The number of imide groups is 1. The predicted octanol–water partition coefficient (Wildman–Crippen LogP) is 2.70. The molecule has 2 fully saturated rings. The molecule has 1 N–H and O–H groups in total. The number of hydrogen-bond donors (Lipinski definition) is 1. The largest absolute Gasteiger partial charge is 0.492 e. The van der Waals surface area contributed by atoms with Crippen molar-refractivity contribution in [3.63, 3.8) is 0 Å². The Labute approximate surface area is 224 Å². The molecule has 1 atom stereocenters. The van der Waals surface area contributed by atoms with Crippen LogP contribution >= 0.6 is 0 Å². The number of aromatic nitrogens is 2. The number of piperidine rings is 2. The maximum Gasteiger partial charge on any atom is 0.255 e. The summed E-state index contributed by atoms with van der Waals surface area (Å²) in [6, 6.07) is 11.8. The molecule has 2 saturated heterocycles. The van der Waals surface area contributed by atoms with E-state index in [2.05, 4.69) is 15.3 Å². The van der Waals surface area contributed by atoms with Crippen LogP contribution in [0.4, 0.5) is 4.39 Å². The number of carbonyl (C=O) groups is 3. The molecule has 2 aromatic carbocycles. The molecule has 200 valence electrons. The van der Waals surface area contributed by atoms with Gasteiger partial charge in [0.2, 0.25) is 11.8 Å². The van der Waals surface area contributed by atoms with Gasteiger partial charge in [0.1, 0.15) is 23.3 Å². The van der Waals surface area contributed by atoms with Gasteiger partial charge in [0, 0.05) is 41.3 Å². The molecular weight excluding hydrogens is 501 g/mol. The zero-order valence-electron chi connectivity index (χ0n) is 21.4. The van der Waals surface area contributed by atoms with Gasteiger partial charge in [-0.2, -0.15) is 5.10 Å². The lowest BCUT2D eigenvalue weighted by atomic mass is 9.74. The number of likely N-dealkylation sites (tertiary alicyclic amines) is 1. The summed E-state index contributed by atoms with van der Waals surface area (Å²) in [7, 11) is 0. The highest BCUT2D eigenvalue weighted by molar-refractivity contribution is 6.05. The fraction of sp³-hybridized carbons (Fsp3) is 0.379. The van der Waals surface area contributed by atoms with Crippen LogP contribution in [0.3, 0.4) is 0 Å². The maximum atomic E-state index is 14.2. The molecule has 0 aliphatic carbocycles. The van der Waals surface area contributed by atoms with Crippen molar-refractivity contribution in [1.82, 2.24) is 24.9 Å². The average molecular weight is 530 g/mol. The number of benzene rings is 2. The third-order valence-electron chi connectivity index (χ3n) is 8.67. The van der Waals surface area contributed by atoms with Crippen molar-refractivity contribution >= 4 is 17.7 Å². The number of rotatable bonds is 4. The van der Waals surface area contributed by atoms with Gasteiger partial charge in [-0.1, -0.05) is 18.2 Å². The first-order valence-electron chi connectivity index (χ1n) is 13.4. The smallest absolute Gasteiger partial charge is 0.255 e. The quantitative estimate of drug-likeness (QED) is 0.522. The van der Waals surface area contributed by atoms with E-state index in [0.29, 0.717) is 37.4 Å². The lowest BCUT2D eigenvalue weighted by Crippen LogP contribution is -2.52. The number of carbonyl (C=O) groups excluding carboxylic acids is 3. The Morgan fingerprint density at radius 3 is 2.69 bits per heavy atom. The second-order valence-electron chi connectivity index (χ2n) is 10.9. The number of hydrogen-bond acceptors (Lipinski definition) is 6. The first-order chi connectivity index (χ1) is 18.9. The van der Waals surface area contributed by atoms with Gasteiger partial charge in [-0.15, -0.1) is 0 Å². The van der Waals surface area contributed by atoms with Gasteiger partial charge in [-0.05, 0) is 56.6 Å². The van der Waals surface area contributed by atoms with Gasteiger partial charge in [0.25, 0.3) is 5.91 Å². The van der Waals surface area contributed by atoms with E-state index in [0.717, 1.165) is 48.5 Å². The second-order valence-corrected chi connectivity index (χ2v) is 10.9. The minimum atomic E-state index is -0.640. The molecule has 1 unspecified atom stereocenters. The van der Waals surface area contributed by atoms with Crippen LogP contribution in [-0.4, -0.2) is 63.0 Å². The Kier molecular flexibility index (Phi) is 5.55. The molecular formula is C29H28FN5O4. The van der Waals surface area contributed by atoms with Gasteiger partial charge < -0.3 is 9.64 Å². The topological polar surface area (TPSA) is 96.8 Å². The summed E-state index contributed by atoms with van der Waals surface area (Å²) >= 11 is 0. The van der Waals surface area contributed by atoms with Crippen LogP contribution in [0.5, 0.6) is 5.75 Å². The molecule has 1 spiro atoms. The van der Waals surface area contributed by atoms with Gasteiger partial charge in [0.15, 0.2) is 0 Å². The monoisotopic (exact) mass is 529 g/mol. The maximum absolute atomic E-state index is 14.2. The van der Waals surface area contributed by atoms with E-state index in [-0.39, 0.29) is 29.5 Å². The Bertz CT molecular complexity index is 1510. The van der Waals surface area contributed by atoms with Crippen molar-refractivity contribution in [1.29, 1.82) is 0 Å². The molecule has 4 aliphatic heterocycles. The molecule has 4 aliphatic rings. The van der Waals surface area contributed by atoms with Crippen LogP contribution in [0.1, 0.15) is 52.9 Å². The summed E-state index contributed by atoms with van der Waals surface area (Å²) in [6.45, 7) is 3.31. The second kappa shape index (κ2) is 9.01. The third kappa shape index (κ3) is 3.93. The van der Waals surface area contributed by atoms with E-state index in [1.807, 2.05) is 18.2 Å². The summed E-state index contributed by atoms with van der Waals surface area (Å²) in [5.74, 6) is -0.409. The normalized spacial score (nSPS) is 22.1. The van der Waals surface area contributed by atoms with E-state index < -0.39 is 11.9 Å². The third-order valence-corrected chi connectivity index (χ3v) is 8.67. The van der Waals surface area contributed by atoms with Crippen LogP contribution in [-0.2, 0) is 28.1 Å². The fourth-order valence-electron chi connectivity index (χ4n) is 6.48. The van der Waals surface area contributed by atoms with E-state index in [9.17, 15) is 18.8 Å². The Morgan fingerprint density at radius 1 is 1.08 bits per heavy atom. The highest BCUT2D eigenvalue weighted by atomic mass is 19.1. The number of nitrogens with zero attached hydrogens (tertiary/aromatic N) is 4. The van der Waals surface area contributed by atoms with Gasteiger partial charge >= 0.3 is 0 Å². The highest BCUT2D eigenvalue weighted by Gasteiger charge is 2.47. The summed E-state index contributed by atoms with van der Waals surface area (Å²) in [6.07, 6.45) is 4.19. The molecule has 1 aromatic heterocycles. The standard InChI is InChI=1S/C29H28FN5O4/c30-22-3-1-2-4-23(22)35-12-9-18(32-35)15-33-13-10-29(11-14-33)17-39-26-20-16-34(24-7-8-25(36)31-27(24)37)28(38)19(20)5-6-21(26)29/h1-6,9,12,24H,7-8,10-11,13-17H2,(H,31,36,37). The highest BCUT2D eigenvalue weighted by Crippen LogP contribution is 2.49. The Balaban J connectivity index is 1.05. The van der Waals surface area contributed by atoms with Crippen LogP contribution in [0.15, 0.2) is 48.7 Å². The zero-order chi connectivity index (χ0) is 26.7. The van der Waals surface area contributed by atoms with E-state index >= 15 is 0 Å². The minimum absolute atomic E-state index is 0.113. The van der Waals surface area contributed by atoms with Gasteiger partial charge in [-0.25, -0.2) is 9.07 Å². The molecule has 39 heavy (non-hydrogen) atoms. The molecule has 0 bridgehead atoms. The molecule has 3 aromatic rings. The van der Waals surface area contributed by atoms with Crippen LogP contribution < -0.4 is 10.1 Å². The van der Waals surface area contributed by atoms with Gasteiger partial charge in [-0.3, -0.25) is 24.6 Å². The molecule has 7 rings (SSSR count). The van der Waals surface area contributed by atoms with Crippen LogP contribution in [0, 0.1) is 5.82 Å². The van der Waals surface area contributed by atoms with Crippen molar-refractivity contribution in [2.24, 2.45) is 0 Å². The predicted molar refractivity (Wildman–Crippen MR) is 138 cm³/mol. The van der Waals surface area contributed by atoms with Crippen LogP contribution in [0.2, 0.25) is 0 Å². The lowest BCUT2D eigenvalue weighted by Gasteiger charge is -2.38. The zero-order valence-corrected chi connectivity index (χ0v) is 21.4. The molecule has 5 heterocycles. The summed E-state index contributed by atoms with van der Waals surface area (Å²) < 4.78 is 22.0. The van der Waals surface area contributed by atoms with Crippen LogP contribution in [0.25, 0.3) is 5.69 Å². The Morgan fingerprint density at radius 2 is 1.90 bits per heavy atom. The molecule has 0 saturated carbocycles. The molecule has 10 heteroatoms. The summed E-state index contributed by atoms with van der Waals surface area (Å²) in [4.78, 5) is 41.1. The van der Waals surface area contributed by atoms with Crippen molar-refractivity contribution in [3.05, 3.63) is 76.9 Å². The van der Waals surface area contributed by atoms with Crippen molar-refractivity contribution < 1.29 is 23.5 Å². The number of ether oxygens (including phenoxy) is 1. The van der Waals surface area contributed by atoms with E-state index in [1.54, 1.807) is 34.0 Å². The summed E-state index contributed by atoms with van der Waals surface area (Å²) in [5, 5.41) is 6.94. The first kappa shape index (κ1) is 24.0. The molecule has 9 nitrogen and oxygen atoms in total. The number of nitrogens with one attached hydrogen (secondary N) is 1. The number of halogens is 1. The SMILES string of the molecule is O=C1CCC(N2Cc3c(ccc4c3OCC43CCN(Cc4ccn(-c5ccccc5F)n4)CC3)C2=O)C(=O)N1. The van der Waals surface area contributed by atoms with Crippen molar-refractivity contribution in [3.8, 4) is 11.4 Å². The number of para-hydroxylation sites is 1. The lowest BCUT2D eigenvalue weighted by molar-refractivity contribution is -0.136. The number of amides is 3. The average Bonchev–Trinajstić information content (AvgIpc) is 3.63. The van der Waals surface area contributed by atoms with E-state index in [4.69, 9.17) is 4.74 Å².